The van der Waals surface area contributed by atoms with Crippen LogP contribution in [-0.4, -0.2) is 63.8 Å². The van der Waals surface area contributed by atoms with E-state index in [0.29, 0.717) is 30.5 Å². The molecule has 2 heterocycles. The minimum absolute atomic E-state index is 0. The number of nitrogens with zero attached hydrogens (tertiary/aromatic N) is 2. The predicted molar refractivity (Wildman–Crippen MR) is 90.3 cm³/mol. The van der Waals surface area contributed by atoms with Gasteiger partial charge in [0.2, 0.25) is 10.0 Å². The molecule has 6 nitrogen and oxygen atoms in total. The lowest BCUT2D eigenvalue weighted by molar-refractivity contribution is 0.0827. The van der Waals surface area contributed by atoms with E-state index in [2.05, 4.69) is 5.32 Å². The maximum Gasteiger partial charge on any atom is 0.253 e. The van der Waals surface area contributed by atoms with Crippen molar-refractivity contribution in [3.63, 3.8) is 0 Å². The van der Waals surface area contributed by atoms with Gasteiger partial charge < -0.3 is 10.2 Å². The number of nitrogens with one attached hydrogen (secondary N) is 1. The number of benzene rings is 1. The third kappa shape index (κ3) is 3.38. The van der Waals surface area contributed by atoms with E-state index >= 15 is 0 Å². The molecule has 1 N–H and O–H groups in total. The molecule has 0 radical (unpaired) electrons. The molecule has 1 aromatic rings. The van der Waals surface area contributed by atoms with Crippen molar-refractivity contribution in [2.75, 3.05) is 40.3 Å². The van der Waals surface area contributed by atoms with Crippen molar-refractivity contribution in [1.29, 1.82) is 0 Å². The zero-order valence-corrected chi connectivity index (χ0v) is 14.9. The van der Waals surface area contributed by atoms with E-state index in [9.17, 15) is 13.2 Å². The molecule has 128 valence electrons. The van der Waals surface area contributed by atoms with Crippen molar-refractivity contribution in [3.8, 4) is 0 Å². The molecule has 0 bridgehead atoms. The van der Waals surface area contributed by atoms with E-state index < -0.39 is 10.0 Å². The van der Waals surface area contributed by atoms with Crippen molar-refractivity contribution in [2.24, 2.45) is 11.8 Å². The molecule has 3 rings (SSSR count). The zero-order chi connectivity index (χ0) is 15.9. The second-order valence-corrected chi connectivity index (χ2v) is 8.16. The first kappa shape index (κ1) is 18.2. The first-order valence-corrected chi connectivity index (χ1v) is 8.86. The molecule has 2 aliphatic heterocycles. The number of carbonyl (C=O) groups is 1. The second kappa shape index (κ2) is 6.76. The van der Waals surface area contributed by atoms with Gasteiger partial charge in [0.1, 0.15) is 0 Å². The van der Waals surface area contributed by atoms with Crippen LogP contribution in [0.1, 0.15) is 10.4 Å². The summed E-state index contributed by atoms with van der Waals surface area (Å²) < 4.78 is 27.0. The standard InChI is InChI=1S/C15H21N3O3S.ClH/c1-17(2)15(19)11-3-5-14(6-4-11)22(20,21)18-9-12-7-16-8-13(12)10-18;/h3-6,12-13,16H,7-10H2,1-2H3;1H/t12-,13+;. The van der Waals surface area contributed by atoms with Gasteiger partial charge in [0.25, 0.3) is 5.91 Å². The molecule has 2 atom stereocenters. The molecule has 2 aliphatic rings. The van der Waals surface area contributed by atoms with E-state index in [1.807, 2.05) is 0 Å². The van der Waals surface area contributed by atoms with Gasteiger partial charge in [-0.1, -0.05) is 0 Å². The molecule has 0 aromatic heterocycles. The van der Waals surface area contributed by atoms with Gasteiger partial charge in [0, 0.05) is 32.7 Å². The second-order valence-electron chi connectivity index (χ2n) is 6.22. The summed E-state index contributed by atoms with van der Waals surface area (Å²) in [6.45, 7) is 2.96. The van der Waals surface area contributed by atoms with E-state index in [0.717, 1.165) is 13.1 Å². The zero-order valence-electron chi connectivity index (χ0n) is 13.2. The molecule has 2 fully saturated rings. The first-order valence-electron chi connectivity index (χ1n) is 7.42. The van der Waals surface area contributed by atoms with Gasteiger partial charge in [-0.25, -0.2) is 8.42 Å². The normalized spacial score (nSPS) is 24.1. The van der Waals surface area contributed by atoms with Crippen LogP contribution in [0, 0.1) is 11.8 Å². The van der Waals surface area contributed by atoms with Crippen LogP contribution in [-0.2, 0) is 10.0 Å². The van der Waals surface area contributed by atoms with Crippen molar-refractivity contribution >= 4 is 28.3 Å². The fourth-order valence-corrected chi connectivity index (χ4v) is 4.74. The van der Waals surface area contributed by atoms with Crippen LogP contribution in [0.15, 0.2) is 29.2 Å². The highest BCUT2D eigenvalue weighted by Gasteiger charge is 2.41. The molecule has 8 heteroatoms. The Bertz CT molecular complexity index is 664. The van der Waals surface area contributed by atoms with Gasteiger partial charge in [-0.2, -0.15) is 4.31 Å². The number of amides is 1. The number of hydrogen-bond acceptors (Lipinski definition) is 4. The van der Waals surface area contributed by atoms with Crippen molar-refractivity contribution in [2.45, 2.75) is 4.90 Å². The predicted octanol–water partition coefficient (Wildman–Crippen LogP) is 0.650. The van der Waals surface area contributed by atoms with E-state index in [1.54, 1.807) is 30.5 Å². The number of sulfonamides is 1. The summed E-state index contributed by atoms with van der Waals surface area (Å²) in [5.41, 5.74) is 0.492. The van der Waals surface area contributed by atoms with Crippen molar-refractivity contribution in [3.05, 3.63) is 29.8 Å². The Morgan fingerprint density at radius 1 is 1.13 bits per heavy atom. The molecule has 0 unspecified atom stereocenters. The van der Waals surface area contributed by atoms with Gasteiger partial charge in [-0.15, -0.1) is 12.4 Å². The molecule has 2 saturated heterocycles. The summed E-state index contributed by atoms with van der Waals surface area (Å²) in [5.74, 6) is 0.708. The fraction of sp³-hybridized carbons (Fsp3) is 0.533. The van der Waals surface area contributed by atoms with Gasteiger partial charge in [0.15, 0.2) is 0 Å². The molecule has 1 amide bonds. The lowest BCUT2D eigenvalue weighted by Gasteiger charge is -2.18. The lowest BCUT2D eigenvalue weighted by Crippen LogP contribution is -2.32. The SMILES string of the molecule is CN(C)C(=O)c1ccc(S(=O)(=O)N2C[C@H]3CNC[C@H]3C2)cc1.Cl. The average molecular weight is 360 g/mol. The third-order valence-corrected chi connectivity index (χ3v) is 6.35. The number of fused-ring (bicyclic) bond motifs is 1. The van der Waals surface area contributed by atoms with Crippen LogP contribution in [0.25, 0.3) is 0 Å². The quantitative estimate of drug-likeness (QED) is 0.860. The van der Waals surface area contributed by atoms with Gasteiger partial charge in [-0.3, -0.25) is 4.79 Å². The van der Waals surface area contributed by atoms with Gasteiger partial charge in [0.05, 0.1) is 4.90 Å². The highest BCUT2D eigenvalue weighted by Crippen LogP contribution is 2.30. The van der Waals surface area contributed by atoms with E-state index in [-0.39, 0.29) is 23.2 Å². The highest BCUT2D eigenvalue weighted by molar-refractivity contribution is 7.89. The number of carbonyl (C=O) groups excluding carboxylic acids is 1. The maximum absolute atomic E-state index is 12.7. The van der Waals surface area contributed by atoms with Gasteiger partial charge in [-0.05, 0) is 49.2 Å². The molecular weight excluding hydrogens is 338 g/mol. The third-order valence-electron chi connectivity index (χ3n) is 4.50. The minimum atomic E-state index is -3.46. The van der Waals surface area contributed by atoms with E-state index in [1.165, 1.54) is 17.0 Å². The van der Waals surface area contributed by atoms with Crippen molar-refractivity contribution in [1.82, 2.24) is 14.5 Å². The summed E-state index contributed by atoms with van der Waals surface area (Å²) in [5, 5.41) is 3.30. The Morgan fingerprint density at radius 3 is 2.13 bits per heavy atom. The highest BCUT2D eigenvalue weighted by atomic mass is 35.5. The molecule has 0 aliphatic carbocycles. The number of hydrogen-bond donors (Lipinski definition) is 1. The lowest BCUT2D eigenvalue weighted by atomic mass is 10.0. The monoisotopic (exact) mass is 359 g/mol. The van der Waals surface area contributed by atoms with Crippen LogP contribution in [0.4, 0.5) is 0 Å². The summed E-state index contributed by atoms with van der Waals surface area (Å²) in [6.07, 6.45) is 0. The number of halogens is 1. The molecule has 0 saturated carbocycles. The Balaban J connectivity index is 0.00000192. The Morgan fingerprint density at radius 2 is 1.65 bits per heavy atom. The fourth-order valence-electron chi connectivity index (χ4n) is 3.19. The Hall–Kier alpha value is -1.15. The largest absolute Gasteiger partial charge is 0.345 e. The number of rotatable bonds is 3. The minimum Gasteiger partial charge on any atom is -0.345 e. The maximum atomic E-state index is 12.7. The first-order chi connectivity index (χ1) is 10.4. The summed E-state index contributed by atoms with van der Waals surface area (Å²) in [7, 11) is -0.122. The van der Waals surface area contributed by atoms with Crippen LogP contribution in [0.2, 0.25) is 0 Å². The Kier molecular flexibility index (Phi) is 5.35. The molecule has 23 heavy (non-hydrogen) atoms. The Labute approximate surface area is 143 Å². The van der Waals surface area contributed by atoms with Crippen LogP contribution < -0.4 is 5.32 Å². The summed E-state index contributed by atoms with van der Waals surface area (Å²) >= 11 is 0. The van der Waals surface area contributed by atoms with Crippen molar-refractivity contribution < 1.29 is 13.2 Å². The van der Waals surface area contributed by atoms with E-state index in [4.69, 9.17) is 0 Å². The average Bonchev–Trinajstić information content (AvgIpc) is 3.08. The molecular formula is C15H22ClN3O3S. The van der Waals surface area contributed by atoms with Crippen LogP contribution in [0.5, 0.6) is 0 Å². The van der Waals surface area contributed by atoms with Crippen LogP contribution in [0.3, 0.4) is 0 Å². The molecule has 0 spiro atoms. The summed E-state index contributed by atoms with van der Waals surface area (Å²) in [6, 6.07) is 6.21. The summed E-state index contributed by atoms with van der Waals surface area (Å²) in [4.78, 5) is 13.6. The smallest absolute Gasteiger partial charge is 0.253 e. The topological polar surface area (TPSA) is 69.7 Å². The van der Waals surface area contributed by atoms with Crippen LogP contribution >= 0.6 is 12.4 Å². The molecule has 1 aromatic carbocycles. The van der Waals surface area contributed by atoms with Gasteiger partial charge >= 0.3 is 0 Å².